The van der Waals surface area contributed by atoms with Crippen molar-refractivity contribution in [2.45, 2.75) is 13.8 Å². The molecule has 0 unspecified atom stereocenters. The van der Waals surface area contributed by atoms with Gasteiger partial charge in [0.05, 0.1) is 23.8 Å². The number of nitrogens with two attached hydrogens (primary N) is 1. The van der Waals surface area contributed by atoms with Crippen molar-refractivity contribution in [3.8, 4) is 21.8 Å². The van der Waals surface area contributed by atoms with E-state index >= 15 is 0 Å². The second kappa shape index (κ2) is 10.3. The van der Waals surface area contributed by atoms with Crippen LogP contribution in [0.25, 0.3) is 21.8 Å². The number of nitrogen functional groups attached to an aromatic ring is 1. The Balaban J connectivity index is 1.47. The van der Waals surface area contributed by atoms with Crippen LogP contribution in [0.3, 0.4) is 0 Å². The summed E-state index contributed by atoms with van der Waals surface area (Å²) < 4.78 is 5.51. The first-order valence-corrected chi connectivity index (χ1v) is 12.5. The molecule has 1 saturated heterocycles. The number of hydrogen-bond acceptors (Lipinski definition) is 8. The fraction of sp³-hybridized carbons (Fsp3) is 0.231. The number of ether oxygens (including phenoxy) is 1. The number of thiazole rings is 1. The first kappa shape index (κ1) is 23.7. The Morgan fingerprint density at radius 1 is 1.03 bits per heavy atom. The minimum absolute atomic E-state index is 0.193. The van der Waals surface area contributed by atoms with Crippen LogP contribution in [0.5, 0.6) is 0 Å². The standard InChI is InChI=1S/C26H27N7O2S/c1-16-3-7-19(8-4-16)29-25(34)31-21-15-18(6-5-17(21)2)23-22(20-9-10-28-24(27)30-20)32-26(36-23)33-11-13-35-14-12-33/h3-10,15H,11-14H2,1-2H3,(H2,27,28,30)(H2,29,31,34). The maximum atomic E-state index is 12.7. The topological polar surface area (TPSA) is 118 Å². The Morgan fingerprint density at radius 3 is 2.56 bits per heavy atom. The lowest BCUT2D eigenvalue weighted by Crippen LogP contribution is -2.36. The Kier molecular flexibility index (Phi) is 6.79. The minimum Gasteiger partial charge on any atom is -0.378 e. The first-order chi connectivity index (χ1) is 17.5. The number of carbonyl (C=O) groups is 1. The van der Waals surface area contributed by atoms with Gasteiger partial charge in [0.1, 0.15) is 5.69 Å². The Labute approximate surface area is 213 Å². The molecule has 0 atom stereocenters. The second-order valence-electron chi connectivity index (χ2n) is 8.55. The van der Waals surface area contributed by atoms with Crippen molar-refractivity contribution in [3.63, 3.8) is 0 Å². The first-order valence-electron chi connectivity index (χ1n) is 11.6. The lowest BCUT2D eigenvalue weighted by Gasteiger charge is -2.26. The summed E-state index contributed by atoms with van der Waals surface area (Å²) in [6, 6.07) is 15.2. The van der Waals surface area contributed by atoms with Crippen LogP contribution in [-0.2, 0) is 4.74 Å². The number of aromatic nitrogens is 3. The van der Waals surface area contributed by atoms with E-state index in [9.17, 15) is 4.79 Å². The molecule has 10 heteroatoms. The SMILES string of the molecule is Cc1ccc(NC(=O)Nc2cc(-c3sc(N4CCOCC4)nc3-c3ccnc(N)n3)ccc2C)cc1. The van der Waals surface area contributed by atoms with Crippen molar-refractivity contribution in [2.24, 2.45) is 0 Å². The Hall–Kier alpha value is -4.02. The minimum atomic E-state index is -0.304. The number of amides is 2. The van der Waals surface area contributed by atoms with Crippen molar-refractivity contribution < 1.29 is 9.53 Å². The summed E-state index contributed by atoms with van der Waals surface area (Å²) >= 11 is 1.59. The molecule has 1 aliphatic heterocycles. The van der Waals surface area contributed by atoms with Crippen LogP contribution in [0.1, 0.15) is 11.1 Å². The number of aryl methyl sites for hydroxylation is 2. The summed E-state index contributed by atoms with van der Waals surface area (Å²) in [6.07, 6.45) is 1.63. The summed E-state index contributed by atoms with van der Waals surface area (Å²) in [4.78, 5) is 29.3. The zero-order valence-electron chi connectivity index (χ0n) is 20.1. The van der Waals surface area contributed by atoms with Crippen LogP contribution >= 0.6 is 11.3 Å². The molecule has 184 valence electrons. The third-order valence-corrected chi connectivity index (χ3v) is 7.04. The largest absolute Gasteiger partial charge is 0.378 e. The summed E-state index contributed by atoms with van der Waals surface area (Å²) in [5, 5.41) is 6.77. The summed E-state index contributed by atoms with van der Waals surface area (Å²) in [5.74, 6) is 0.193. The van der Waals surface area contributed by atoms with Crippen LogP contribution in [0.15, 0.2) is 54.7 Å². The van der Waals surface area contributed by atoms with E-state index in [1.54, 1.807) is 23.6 Å². The molecule has 4 aromatic rings. The van der Waals surface area contributed by atoms with Crippen LogP contribution in [0, 0.1) is 13.8 Å². The van der Waals surface area contributed by atoms with E-state index in [2.05, 4.69) is 25.5 Å². The molecule has 36 heavy (non-hydrogen) atoms. The van der Waals surface area contributed by atoms with Crippen LogP contribution in [0.2, 0.25) is 0 Å². The fourth-order valence-electron chi connectivity index (χ4n) is 3.89. The molecule has 3 heterocycles. The zero-order valence-corrected chi connectivity index (χ0v) is 20.9. The highest BCUT2D eigenvalue weighted by Gasteiger charge is 2.22. The van der Waals surface area contributed by atoms with Crippen LogP contribution in [0.4, 0.5) is 27.2 Å². The van der Waals surface area contributed by atoms with Crippen molar-refractivity contribution in [1.82, 2.24) is 15.0 Å². The number of morpholine rings is 1. The molecule has 1 aliphatic rings. The number of urea groups is 1. The zero-order chi connectivity index (χ0) is 25.1. The van der Waals surface area contributed by atoms with Gasteiger partial charge in [-0.1, -0.05) is 41.2 Å². The quantitative estimate of drug-likeness (QED) is 0.354. The normalized spacial score (nSPS) is 13.4. The summed E-state index contributed by atoms with van der Waals surface area (Å²) in [5.41, 5.74) is 11.7. The van der Waals surface area contributed by atoms with Crippen LogP contribution < -0.4 is 21.3 Å². The number of benzene rings is 2. The molecule has 1 fully saturated rings. The number of hydrogen-bond donors (Lipinski definition) is 3. The van der Waals surface area contributed by atoms with E-state index in [-0.39, 0.29) is 12.0 Å². The van der Waals surface area contributed by atoms with E-state index in [1.165, 1.54) is 0 Å². The smallest absolute Gasteiger partial charge is 0.323 e. The molecule has 4 N–H and O–H groups in total. The van der Waals surface area contributed by atoms with Gasteiger partial charge >= 0.3 is 6.03 Å². The molecular formula is C26H27N7O2S. The van der Waals surface area contributed by atoms with E-state index in [4.69, 9.17) is 15.5 Å². The van der Waals surface area contributed by atoms with Crippen molar-refractivity contribution >= 4 is 39.8 Å². The van der Waals surface area contributed by atoms with Gasteiger partial charge < -0.3 is 26.0 Å². The van der Waals surface area contributed by atoms with Crippen molar-refractivity contribution in [2.75, 3.05) is 47.6 Å². The molecule has 0 radical (unpaired) electrons. The summed E-state index contributed by atoms with van der Waals surface area (Å²) in [7, 11) is 0. The van der Waals surface area contributed by atoms with Gasteiger partial charge in [-0.3, -0.25) is 0 Å². The highest BCUT2D eigenvalue weighted by molar-refractivity contribution is 7.19. The average molecular weight is 502 g/mol. The molecule has 0 saturated carbocycles. The fourth-order valence-corrected chi connectivity index (χ4v) is 5.02. The van der Waals surface area contributed by atoms with Gasteiger partial charge in [-0.15, -0.1) is 0 Å². The Bertz CT molecular complexity index is 1380. The number of carbonyl (C=O) groups excluding carboxylic acids is 1. The molecule has 0 bridgehead atoms. The van der Waals surface area contributed by atoms with Crippen molar-refractivity contribution in [1.29, 1.82) is 0 Å². The number of nitrogens with zero attached hydrogens (tertiary/aromatic N) is 4. The molecule has 2 amide bonds. The number of rotatable bonds is 5. The lowest BCUT2D eigenvalue weighted by molar-refractivity contribution is 0.122. The highest BCUT2D eigenvalue weighted by atomic mass is 32.1. The maximum absolute atomic E-state index is 12.7. The third kappa shape index (κ3) is 5.29. The van der Waals surface area contributed by atoms with E-state index < -0.39 is 0 Å². The third-order valence-electron chi connectivity index (χ3n) is 5.87. The molecule has 0 aliphatic carbocycles. The Morgan fingerprint density at radius 2 is 1.81 bits per heavy atom. The average Bonchev–Trinajstić information content (AvgIpc) is 3.33. The lowest BCUT2D eigenvalue weighted by atomic mass is 10.1. The predicted molar refractivity (Wildman–Crippen MR) is 145 cm³/mol. The number of nitrogens with one attached hydrogen (secondary N) is 2. The van der Waals surface area contributed by atoms with Gasteiger partial charge in [-0.25, -0.2) is 19.7 Å². The van der Waals surface area contributed by atoms with Gasteiger partial charge in [0.25, 0.3) is 0 Å². The molecule has 9 nitrogen and oxygen atoms in total. The van der Waals surface area contributed by atoms with Gasteiger partial charge in [-0.05, 0) is 49.2 Å². The van der Waals surface area contributed by atoms with E-state index in [0.717, 1.165) is 51.2 Å². The van der Waals surface area contributed by atoms with E-state index in [1.807, 2.05) is 56.3 Å². The van der Waals surface area contributed by atoms with Gasteiger partial charge in [0.15, 0.2) is 5.13 Å². The van der Waals surface area contributed by atoms with Crippen molar-refractivity contribution in [3.05, 3.63) is 65.9 Å². The van der Waals surface area contributed by atoms with Gasteiger partial charge in [-0.2, -0.15) is 0 Å². The predicted octanol–water partition coefficient (Wildman–Crippen LogP) is 4.95. The van der Waals surface area contributed by atoms with Gasteiger partial charge in [0, 0.05) is 30.7 Å². The number of anilines is 4. The molecule has 2 aromatic heterocycles. The molecule has 5 rings (SSSR count). The molecule has 0 spiro atoms. The summed E-state index contributed by atoms with van der Waals surface area (Å²) in [6.45, 7) is 6.85. The molecular weight excluding hydrogens is 474 g/mol. The van der Waals surface area contributed by atoms with Gasteiger partial charge in [0.2, 0.25) is 5.95 Å². The highest BCUT2D eigenvalue weighted by Crippen LogP contribution is 2.41. The maximum Gasteiger partial charge on any atom is 0.323 e. The monoisotopic (exact) mass is 501 g/mol. The second-order valence-corrected chi connectivity index (χ2v) is 9.53. The van der Waals surface area contributed by atoms with Crippen LogP contribution in [-0.4, -0.2) is 47.3 Å². The molecule has 2 aromatic carbocycles. The van der Waals surface area contributed by atoms with E-state index in [0.29, 0.717) is 24.6 Å².